The van der Waals surface area contributed by atoms with Crippen LogP contribution in [0.4, 0.5) is 5.69 Å². The van der Waals surface area contributed by atoms with Gasteiger partial charge in [0.2, 0.25) is 17.7 Å². The maximum atomic E-state index is 13.1. The Morgan fingerprint density at radius 1 is 0.865 bits per heavy atom. The van der Waals surface area contributed by atoms with Gasteiger partial charge in [-0.2, -0.15) is 0 Å². The molecule has 8 nitrogen and oxygen atoms in total. The fourth-order valence-corrected chi connectivity index (χ4v) is 5.52. The molecule has 0 spiro atoms. The van der Waals surface area contributed by atoms with Crippen LogP contribution in [0.25, 0.3) is 0 Å². The summed E-state index contributed by atoms with van der Waals surface area (Å²) < 4.78 is 1.26. The molecule has 2 N–H and O–H groups in total. The molecule has 0 radical (unpaired) electrons. The van der Waals surface area contributed by atoms with Gasteiger partial charge in [-0.25, -0.2) is 0 Å². The summed E-state index contributed by atoms with van der Waals surface area (Å²) >= 11 is 2.44. The zero-order chi connectivity index (χ0) is 26.6. The highest BCUT2D eigenvalue weighted by molar-refractivity contribution is 14.1. The van der Waals surface area contributed by atoms with Crippen LogP contribution in [0.2, 0.25) is 0 Å². The fraction of sp³-hybridized carbons (Fsp3) is 0.607. The highest BCUT2D eigenvalue weighted by Gasteiger charge is 2.45. The van der Waals surface area contributed by atoms with Crippen molar-refractivity contribution in [3.63, 3.8) is 0 Å². The maximum Gasteiger partial charge on any atom is 0.264 e. The van der Waals surface area contributed by atoms with E-state index in [1.807, 2.05) is 0 Å². The molecular weight excluding hydrogens is 585 g/mol. The van der Waals surface area contributed by atoms with Crippen LogP contribution in [0, 0.1) is 0 Å². The molecule has 2 aliphatic heterocycles. The molecule has 0 aliphatic carbocycles. The van der Waals surface area contributed by atoms with Crippen LogP contribution in [0.3, 0.4) is 0 Å². The van der Waals surface area contributed by atoms with Gasteiger partial charge in [0.15, 0.2) is 0 Å². The van der Waals surface area contributed by atoms with Crippen molar-refractivity contribution in [3.8, 4) is 0 Å². The summed E-state index contributed by atoms with van der Waals surface area (Å²) in [4.78, 5) is 63.2. The van der Waals surface area contributed by atoms with Crippen LogP contribution in [0.1, 0.15) is 117 Å². The first-order valence-electron chi connectivity index (χ1n) is 13.6. The summed E-state index contributed by atoms with van der Waals surface area (Å²) in [7, 11) is 0. The van der Waals surface area contributed by atoms with Gasteiger partial charge in [-0.15, -0.1) is 0 Å². The smallest absolute Gasteiger partial charge is 0.264 e. The number of nitrogens with zero attached hydrogens (tertiary/aromatic N) is 1. The van der Waals surface area contributed by atoms with Gasteiger partial charge in [0.25, 0.3) is 11.8 Å². The first-order chi connectivity index (χ1) is 17.9. The van der Waals surface area contributed by atoms with E-state index >= 15 is 0 Å². The van der Waals surface area contributed by atoms with Crippen molar-refractivity contribution in [2.75, 3.05) is 9.74 Å². The van der Waals surface area contributed by atoms with E-state index < -0.39 is 29.7 Å². The molecule has 2 aliphatic rings. The molecule has 1 fully saturated rings. The van der Waals surface area contributed by atoms with Crippen LogP contribution in [-0.4, -0.2) is 44.9 Å². The van der Waals surface area contributed by atoms with E-state index in [1.54, 1.807) is 12.1 Å². The summed E-state index contributed by atoms with van der Waals surface area (Å²) in [5.41, 5.74) is 0.550. The quantitative estimate of drug-likeness (QED) is 0.109. The standard InChI is InChI=1S/C28H38IN3O5/c29-19-12-10-8-6-4-2-1-3-5-7-9-11-16-23(33)30-21-15-13-14-20-25(21)28(37)32(27(20)36)22-17-18-24(34)31-26(22)35/h13-15,22H,1-12,16-19H2,(H,30,33)(H,31,34,35). The number of carbonyl (C=O) groups is 5. The number of halogens is 1. The van der Waals surface area contributed by atoms with Crippen molar-refractivity contribution < 1.29 is 24.0 Å². The van der Waals surface area contributed by atoms with Gasteiger partial charge in [-0.05, 0) is 35.8 Å². The van der Waals surface area contributed by atoms with Crippen molar-refractivity contribution in [3.05, 3.63) is 29.3 Å². The lowest BCUT2D eigenvalue weighted by atomic mass is 10.0. The van der Waals surface area contributed by atoms with Crippen molar-refractivity contribution in [1.29, 1.82) is 0 Å². The van der Waals surface area contributed by atoms with E-state index in [1.165, 1.54) is 68.3 Å². The van der Waals surface area contributed by atoms with Crippen LogP contribution >= 0.6 is 22.6 Å². The van der Waals surface area contributed by atoms with Crippen molar-refractivity contribution >= 4 is 57.8 Å². The minimum Gasteiger partial charge on any atom is -0.325 e. The fourth-order valence-electron chi connectivity index (χ4n) is 4.98. The normalized spacial score (nSPS) is 17.2. The molecule has 3 rings (SSSR count). The Balaban J connectivity index is 1.37. The Morgan fingerprint density at radius 2 is 1.46 bits per heavy atom. The second kappa shape index (κ2) is 15.2. The van der Waals surface area contributed by atoms with Crippen molar-refractivity contribution in [2.24, 2.45) is 0 Å². The number of amides is 5. The highest BCUT2D eigenvalue weighted by atomic mass is 127. The number of carbonyl (C=O) groups excluding carboxylic acids is 5. The van der Waals surface area contributed by atoms with E-state index in [0.29, 0.717) is 6.42 Å². The largest absolute Gasteiger partial charge is 0.325 e. The van der Waals surface area contributed by atoms with E-state index in [0.717, 1.165) is 24.2 Å². The second-order valence-corrected chi connectivity index (χ2v) is 11.0. The predicted molar refractivity (Wildman–Crippen MR) is 151 cm³/mol. The van der Waals surface area contributed by atoms with E-state index in [-0.39, 0.29) is 35.6 Å². The van der Waals surface area contributed by atoms with Gasteiger partial charge in [0.1, 0.15) is 6.04 Å². The number of benzene rings is 1. The Morgan fingerprint density at radius 3 is 2.05 bits per heavy atom. The number of nitrogens with one attached hydrogen (secondary N) is 2. The minimum atomic E-state index is -1.03. The third-order valence-corrected chi connectivity index (χ3v) is 7.79. The lowest BCUT2D eigenvalue weighted by Gasteiger charge is -2.27. The van der Waals surface area contributed by atoms with Crippen LogP contribution < -0.4 is 10.6 Å². The van der Waals surface area contributed by atoms with E-state index in [9.17, 15) is 24.0 Å². The van der Waals surface area contributed by atoms with Gasteiger partial charge in [0, 0.05) is 12.8 Å². The second-order valence-electron chi connectivity index (χ2n) is 9.91. The SMILES string of the molecule is O=C1CCC(N2C(=O)c3cccc(NC(=O)CCCCCCCCCCCCCCI)c3C2=O)C(=O)N1. The summed E-state index contributed by atoms with van der Waals surface area (Å²) in [5, 5.41) is 4.97. The third kappa shape index (κ3) is 8.35. The average molecular weight is 624 g/mol. The molecule has 1 atom stereocenters. The molecule has 37 heavy (non-hydrogen) atoms. The first kappa shape index (κ1) is 29.3. The monoisotopic (exact) mass is 623 g/mol. The predicted octanol–water partition coefficient (Wildman–Crippen LogP) is 5.53. The average Bonchev–Trinajstić information content (AvgIpc) is 3.12. The Hall–Kier alpha value is -2.30. The van der Waals surface area contributed by atoms with Crippen molar-refractivity contribution in [1.82, 2.24) is 10.2 Å². The number of anilines is 1. The van der Waals surface area contributed by atoms with Gasteiger partial charge in [-0.3, -0.25) is 34.2 Å². The van der Waals surface area contributed by atoms with Crippen LogP contribution in [0.15, 0.2) is 18.2 Å². The summed E-state index contributed by atoms with van der Waals surface area (Å²) in [6.45, 7) is 0. The molecule has 1 aromatic carbocycles. The van der Waals surface area contributed by atoms with Crippen LogP contribution in [0.5, 0.6) is 0 Å². The number of hydrogen-bond donors (Lipinski definition) is 2. The number of piperidine rings is 1. The topological polar surface area (TPSA) is 113 Å². The zero-order valence-corrected chi connectivity index (χ0v) is 23.6. The zero-order valence-electron chi connectivity index (χ0n) is 21.5. The van der Waals surface area contributed by atoms with Gasteiger partial charge in [0.05, 0.1) is 16.8 Å². The molecule has 0 aromatic heterocycles. The molecule has 9 heteroatoms. The molecule has 1 aromatic rings. The number of unbranched alkanes of at least 4 members (excludes halogenated alkanes) is 11. The molecule has 202 valence electrons. The summed E-state index contributed by atoms with van der Waals surface area (Å²) in [5.74, 6) is -2.47. The number of hydrogen-bond acceptors (Lipinski definition) is 5. The molecule has 0 bridgehead atoms. The number of fused-ring (bicyclic) bond motifs is 1. The maximum absolute atomic E-state index is 13.1. The molecule has 0 saturated carbocycles. The van der Waals surface area contributed by atoms with E-state index in [4.69, 9.17) is 0 Å². The molecule has 5 amide bonds. The van der Waals surface area contributed by atoms with E-state index in [2.05, 4.69) is 33.2 Å². The number of rotatable bonds is 16. The van der Waals surface area contributed by atoms with Gasteiger partial charge in [-0.1, -0.05) is 92.9 Å². The highest BCUT2D eigenvalue weighted by Crippen LogP contribution is 2.32. The number of imide groups is 2. The van der Waals surface area contributed by atoms with Crippen molar-refractivity contribution in [2.45, 2.75) is 102 Å². The number of alkyl halides is 1. The Bertz CT molecular complexity index is 996. The van der Waals surface area contributed by atoms with Gasteiger partial charge < -0.3 is 5.32 Å². The van der Waals surface area contributed by atoms with Gasteiger partial charge >= 0.3 is 0 Å². The molecule has 1 saturated heterocycles. The lowest BCUT2D eigenvalue weighted by molar-refractivity contribution is -0.136. The minimum absolute atomic E-state index is 0.0618. The lowest BCUT2D eigenvalue weighted by Crippen LogP contribution is -2.54. The molecular formula is C28H38IN3O5. The molecule has 2 heterocycles. The third-order valence-electron chi connectivity index (χ3n) is 7.03. The summed E-state index contributed by atoms with van der Waals surface area (Å²) in [6, 6.07) is 3.69. The van der Waals surface area contributed by atoms with Crippen LogP contribution in [-0.2, 0) is 14.4 Å². The summed E-state index contributed by atoms with van der Waals surface area (Å²) in [6.07, 6.45) is 15.2. The molecule has 1 unspecified atom stereocenters. The first-order valence-corrected chi connectivity index (χ1v) is 15.2. The Labute approximate surface area is 232 Å². The Kier molecular flexibility index (Phi) is 12.0.